The van der Waals surface area contributed by atoms with Gasteiger partial charge in [0.05, 0.1) is 5.56 Å². The lowest BCUT2D eigenvalue weighted by Gasteiger charge is -2.24. The van der Waals surface area contributed by atoms with Crippen molar-refractivity contribution in [2.24, 2.45) is 0 Å². The van der Waals surface area contributed by atoms with Crippen LogP contribution in [-0.4, -0.2) is 45.5 Å². The van der Waals surface area contributed by atoms with E-state index in [1.807, 2.05) is 25.1 Å². The number of carboxylic acids is 1. The van der Waals surface area contributed by atoms with E-state index >= 15 is 0 Å². The summed E-state index contributed by atoms with van der Waals surface area (Å²) < 4.78 is 0. The molecule has 0 radical (unpaired) electrons. The number of hydrogen-bond acceptors (Lipinski definition) is 4. The number of nitrogens with zero attached hydrogens (tertiary/aromatic N) is 2. The van der Waals surface area contributed by atoms with Crippen molar-refractivity contribution in [3.05, 3.63) is 77.5 Å². The highest BCUT2D eigenvalue weighted by molar-refractivity contribution is 5.99. The Morgan fingerprint density at radius 3 is 2.22 bits per heavy atom. The Balaban J connectivity index is 1.39. The van der Waals surface area contributed by atoms with Gasteiger partial charge >= 0.3 is 12.0 Å². The fourth-order valence-corrected chi connectivity index (χ4v) is 4.48. The quantitative estimate of drug-likeness (QED) is 0.425. The largest absolute Gasteiger partial charge is 0.478 e. The number of rotatable bonds is 6. The number of carboxylic acid groups (broad SMARTS) is 1. The predicted octanol–water partition coefficient (Wildman–Crippen LogP) is 5.51. The van der Waals surface area contributed by atoms with Gasteiger partial charge in [0, 0.05) is 18.4 Å². The molecule has 0 spiro atoms. The van der Waals surface area contributed by atoms with E-state index in [0.717, 1.165) is 28.7 Å². The van der Waals surface area contributed by atoms with Crippen LogP contribution in [0, 0.1) is 6.92 Å². The lowest BCUT2D eigenvalue weighted by Crippen LogP contribution is -2.45. The predicted molar refractivity (Wildman–Crippen MR) is 139 cm³/mol. The maximum Gasteiger partial charge on any atom is 0.335 e. The van der Waals surface area contributed by atoms with E-state index in [0.29, 0.717) is 30.4 Å². The van der Waals surface area contributed by atoms with Gasteiger partial charge in [0.15, 0.2) is 0 Å². The van der Waals surface area contributed by atoms with E-state index < -0.39 is 12.0 Å². The van der Waals surface area contributed by atoms with Crippen molar-refractivity contribution in [1.82, 2.24) is 9.88 Å². The van der Waals surface area contributed by atoms with Crippen molar-refractivity contribution in [3.8, 4) is 11.1 Å². The van der Waals surface area contributed by atoms with E-state index in [9.17, 15) is 14.4 Å². The van der Waals surface area contributed by atoms with Crippen molar-refractivity contribution in [2.75, 3.05) is 17.2 Å². The van der Waals surface area contributed by atoms with Gasteiger partial charge in [-0.05, 0) is 78.3 Å². The van der Waals surface area contributed by atoms with Crippen molar-refractivity contribution < 1.29 is 19.5 Å². The molecule has 0 aliphatic carbocycles. The van der Waals surface area contributed by atoms with Crippen molar-refractivity contribution in [3.63, 3.8) is 0 Å². The van der Waals surface area contributed by atoms with Crippen LogP contribution in [0.1, 0.15) is 54.1 Å². The maximum absolute atomic E-state index is 13.0. The molecule has 4 rings (SSSR count). The summed E-state index contributed by atoms with van der Waals surface area (Å²) in [6.45, 7) is 6.69. The van der Waals surface area contributed by atoms with Gasteiger partial charge in [0.1, 0.15) is 11.9 Å². The molecule has 3 aromatic rings. The van der Waals surface area contributed by atoms with E-state index in [1.54, 1.807) is 47.5 Å². The molecule has 0 unspecified atom stereocenters. The summed E-state index contributed by atoms with van der Waals surface area (Å²) in [5.41, 5.74) is 4.83. The summed E-state index contributed by atoms with van der Waals surface area (Å²) >= 11 is 0. The molecule has 8 nitrogen and oxygen atoms in total. The van der Waals surface area contributed by atoms with Crippen molar-refractivity contribution in [1.29, 1.82) is 0 Å². The Morgan fingerprint density at radius 2 is 1.64 bits per heavy atom. The van der Waals surface area contributed by atoms with E-state index in [1.165, 1.54) is 0 Å². The zero-order chi connectivity index (χ0) is 25.8. The first-order valence-corrected chi connectivity index (χ1v) is 12.0. The third-order valence-corrected chi connectivity index (χ3v) is 6.44. The number of amides is 3. The second-order valence-corrected chi connectivity index (χ2v) is 9.31. The third-order valence-electron chi connectivity index (χ3n) is 6.44. The zero-order valence-electron chi connectivity index (χ0n) is 20.6. The van der Waals surface area contributed by atoms with Gasteiger partial charge in [-0.1, -0.05) is 38.1 Å². The van der Waals surface area contributed by atoms with Crippen LogP contribution in [0.3, 0.4) is 0 Å². The van der Waals surface area contributed by atoms with Crippen LogP contribution >= 0.6 is 0 Å². The number of carbonyl (C=O) groups excluding carboxylic acids is 2. The average molecular weight is 487 g/mol. The van der Waals surface area contributed by atoms with Gasteiger partial charge in [-0.25, -0.2) is 14.6 Å². The van der Waals surface area contributed by atoms with Gasteiger partial charge in [-0.15, -0.1) is 0 Å². The van der Waals surface area contributed by atoms with E-state index in [4.69, 9.17) is 5.11 Å². The molecule has 2 aromatic carbocycles. The zero-order valence-corrected chi connectivity index (χ0v) is 20.6. The number of pyridine rings is 1. The summed E-state index contributed by atoms with van der Waals surface area (Å²) in [6, 6.07) is 14.9. The molecule has 186 valence electrons. The first-order valence-electron chi connectivity index (χ1n) is 12.0. The maximum atomic E-state index is 13.0. The Hall–Kier alpha value is -4.20. The Bertz CT molecular complexity index is 1270. The fourth-order valence-electron chi connectivity index (χ4n) is 4.48. The molecule has 1 fully saturated rings. The second-order valence-electron chi connectivity index (χ2n) is 9.31. The number of likely N-dealkylation sites (tertiary alicyclic amines) is 1. The summed E-state index contributed by atoms with van der Waals surface area (Å²) in [6.07, 6.45) is 3.12. The van der Waals surface area contributed by atoms with Crippen molar-refractivity contribution in [2.45, 2.75) is 45.6 Å². The molecule has 1 atom stereocenters. The third kappa shape index (κ3) is 5.54. The minimum atomic E-state index is -0.968. The Kier molecular flexibility index (Phi) is 7.33. The topological polar surface area (TPSA) is 112 Å². The number of carbonyl (C=O) groups is 3. The SMILES string of the molecule is Cc1cc(NC(=O)N2CCC[C@@H]2C(=O)Nc2ccc(-c3ccc(C(=O)O)cc3)cc2)ncc1C(C)C. The van der Waals surface area contributed by atoms with Gasteiger partial charge in [-0.3, -0.25) is 10.1 Å². The lowest BCUT2D eigenvalue weighted by atomic mass is 10.0. The molecular formula is C28H30N4O4. The second kappa shape index (κ2) is 10.6. The van der Waals surface area contributed by atoms with Crippen LogP contribution < -0.4 is 10.6 Å². The molecule has 2 heterocycles. The summed E-state index contributed by atoms with van der Waals surface area (Å²) in [5.74, 6) is -0.384. The number of hydrogen-bond donors (Lipinski definition) is 3. The van der Waals surface area contributed by atoms with Crippen LogP contribution in [0.4, 0.5) is 16.3 Å². The number of aryl methyl sites for hydroxylation is 1. The van der Waals surface area contributed by atoms with Crippen LogP contribution in [0.5, 0.6) is 0 Å². The molecule has 3 N–H and O–H groups in total. The highest BCUT2D eigenvalue weighted by Crippen LogP contribution is 2.25. The number of anilines is 2. The van der Waals surface area contributed by atoms with Gasteiger partial charge in [-0.2, -0.15) is 0 Å². The number of aromatic carboxylic acids is 1. The molecule has 1 saturated heterocycles. The molecule has 36 heavy (non-hydrogen) atoms. The molecular weight excluding hydrogens is 456 g/mol. The van der Waals surface area contributed by atoms with Crippen LogP contribution in [0.25, 0.3) is 11.1 Å². The Morgan fingerprint density at radius 1 is 1.00 bits per heavy atom. The van der Waals surface area contributed by atoms with Crippen LogP contribution in [-0.2, 0) is 4.79 Å². The molecule has 8 heteroatoms. The van der Waals surface area contributed by atoms with Gasteiger partial charge in [0.25, 0.3) is 0 Å². The fraction of sp³-hybridized carbons (Fsp3) is 0.286. The number of benzene rings is 2. The van der Waals surface area contributed by atoms with Gasteiger partial charge in [0.2, 0.25) is 5.91 Å². The monoisotopic (exact) mass is 486 g/mol. The lowest BCUT2D eigenvalue weighted by molar-refractivity contribution is -0.119. The first kappa shape index (κ1) is 24.9. The van der Waals surface area contributed by atoms with Crippen molar-refractivity contribution >= 4 is 29.4 Å². The number of nitrogens with one attached hydrogen (secondary N) is 2. The van der Waals surface area contributed by atoms with Crippen LogP contribution in [0.15, 0.2) is 60.8 Å². The number of urea groups is 1. The molecule has 3 amide bonds. The molecule has 0 bridgehead atoms. The molecule has 1 aliphatic rings. The Labute approximate surface area is 210 Å². The minimum absolute atomic E-state index is 0.228. The molecule has 1 aliphatic heterocycles. The van der Waals surface area contributed by atoms with Gasteiger partial charge < -0.3 is 15.3 Å². The smallest absolute Gasteiger partial charge is 0.335 e. The number of aromatic nitrogens is 1. The van der Waals surface area contributed by atoms with E-state index in [-0.39, 0.29) is 17.5 Å². The highest BCUT2D eigenvalue weighted by Gasteiger charge is 2.34. The average Bonchev–Trinajstić information content (AvgIpc) is 3.35. The summed E-state index contributed by atoms with van der Waals surface area (Å²) in [4.78, 5) is 42.9. The summed E-state index contributed by atoms with van der Waals surface area (Å²) in [5, 5.41) is 14.8. The van der Waals surface area contributed by atoms with Crippen LogP contribution in [0.2, 0.25) is 0 Å². The summed E-state index contributed by atoms with van der Waals surface area (Å²) in [7, 11) is 0. The van der Waals surface area contributed by atoms with E-state index in [2.05, 4.69) is 29.5 Å². The highest BCUT2D eigenvalue weighted by atomic mass is 16.4. The molecule has 1 aromatic heterocycles. The normalized spacial score (nSPS) is 15.1. The minimum Gasteiger partial charge on any atom is -0.478 e. The standard InChI is InChI=1S/C28H30N4O4/c1-17(2)23-16-29-25(15-18(23)3)31-28(36)32-14-4-5-24(32)26(33)30-22-12-10-20(11-13-22)19-6-8-21(9-7-19)27(34)35/h6-13,15-17,24H,4-5,14H2,1-3H3,(H,30,33)(H,34,35)(H,29,31,36)/t24-/m1/s1. The first-order chi connectivity index (χ1) is 17.2. The molecule has 0 saturated carbocycles.